The highest BCUT2D eigenvalue weighted by Gasteiger charge is 2.30. The number of hydrogen-bond acceptors (Lipinski definition) is 2. The van der Waals surface area contributed by atoms with Crippen LogP contribution >= 0.6 is 0 Å². The van der Waals surface area contributed by atoms with Gasteiger partial charge in [0.1, 0.15) is 6.04 Å². The van der Waals surface area contributed by atoms with Crippen LogP contribution in [0.2, 0.25) is 0 Å². The molecule has 184 valence electrons. The highest BCUT2D eigenvalue weighted by atomic mass is 16.2. The fourth-order valence-corrected chi connectivity index (χ4v) is 4.09. The Bertz CT molecular complexity index is 1050. The summed E-state index contributed by atoms with van der Waals surface area (Å²) in [6.07, 6.45) is 2.49. The molecule has 0 aliphatic rings. The molecule has 0 saturated heterocycles. The average Bonchev–Trinajstić information content (AvgIpc) is 2.89. The Morgan fingerprint density at radius 1 is 0.771 bits per heavy atom. The van der Waals surface area contributed by atoms with Crippen LogP contribution in [0.3, 0.4) is 0 Å². The molecule has 0 aliphatic carbocycles. The van der Waals surface area contributed by atoms with Gasteiger partial charge in [0.2, 0.25) is 11.8 Å². The van der Waals surface area contributed by atoms with E-state index in [1.165, 1.54) is 5.56 Å². The zero-order valence-electron chi connectivity index (χ0n) is 21.2. The van der Waals surface area contributed by atoms with E-state index in [1.807, 2.05) is 60.7 Å². The molecule has 0 fully saturated rings. The lowest BCUT2D eigenvalue weighted by atomic mass is 10.0. The van der Waals surface area contributed by atoms with Crippen LogP contribution in [-0.2, 0) is 35.4 Å². The number of amides is 2. The van der Waals surface area contributed by atoms with Gasteiger partial charge in [0.05, 0.1) is 0 Å². The van der Waals surface area contributed by atoms with Gasteiger partial charge < -0.3 is 10.2 Å². The summed E-state index contributed by atoms with van der Waals surface area (Å²) in [6.45, 7) is 7.27. The van der Waals surface area contributed by atoms with Crippen molar-refractivity contribution in [2.24, 2.45) is 5.92 Å². The van der Waals surface area contributed by atoms with Crippen molar-refractivity contribution in [3.05, 3.63) is 107 Å². The number of nitrogens with one attached hydrogen (secondary N) is 1. The Hall–Kier alpha value is -3.40. The maximum absolute atomic E-state index is 13.7. The number of rotatable bonds is 12. The first-order valence-electron chi connectivity index (χ1n) is 12.7. The number of carbonyl (C=O) groups is 2. The Morgan fingerprint density at radius 3 is 1.91 bits per heavy atom. The second-order valence-electron chi connectivity index (χ2n) is 9.52. The summed E-state index contributed by atoms with van der Waals surface area (Å²) in [4.78, 5) is 28.9. The molecule has 0 aliphatic heterocycles. The molecule has 3 aromatic carbocycles. The summed E-state index contributed by atoms with van der Waals surface area (Å²) in [5.74, 6) is 0.230. The Kier molecular flexibility index (Phi) is 10.1. The Balaban J connectivity index is 1.85. The van der Waals surface area contributed by atoms with E-state index >= 15 is 0 Å². The average molecular weight is 471 g/mol. The Morgan fingerprint density at radius 2 is 1.34 bits per heavy atom. The van der Waals surface area contributed by atoms with E-state index in [9.17, 15) is 9.59 Å². The summed E-state index contributed by atoms with van der Waals surface area (Å²) in [5.41, 5.74) is 4.48. The first-order chi connectivity index (χ1) is 17.0. The van der Waals surface area contributed by atoms with Gasteiger partial charge in [0.25, 0.3) is 0 Å². The molecule has 4 heteroatoms. The van der Waals surface area contributed by atoms with Crippen molar-refractivity contribution in [1.29, 1.82) is 0 Å². The third-order valence-electron chi connectivity index (χ3n) is 6.21. The molecule has 2 amide bonds. The lowest BCUT2D eigenvalue weighted by Crippen LogP contribution is -2.51. The molecule has 1 N–H and O–H groups in total. The normalized spacial score (nSPS) is 11.8. The van der Waals surface area contributed by atoms with Crippen LogP contribution in [0.5, 0.6) is 0 Å². The zero-order valence-corrected chi connectivity index (χ0v) is 21.2. The summed E-state index contributed by atoms with van der Waals surface area (Å²) in [5, 5.41) is 3.08. The fourth-order valence-electron chi connectivity index (χ4n) is 4.09. The third-order valence-corrected chi connectivity index (χ3v) is 6.21. The van der Waals surface area contributed by atoms with E-state index in [1.54, 1.807) is 4.90 Å². The molecule has 0 saturated carbocycles. The molecule has 0 bridgehead atoms. The predicted molar refractivity (Wildman–Crippen MR) is 143 cm³/mol. The van der Waals surface area contributed by atoms with E-state index in [2.05, 4.69) is 50.4 Å². The first-order valence-corrected chi connectivity index (χ1v) is 12.7. The van der Waals surface area contributed by atoms with Crippen molar-refractivity contribution in [3.8, 4) is 0 Å². The van der Waals surface area contributed by atoms with Gasteiger partial charge in [-0.1, -0.05) is 106 Å². The minimum atomic E-state index is -0.577. The van der Waals surface area contributed by atoms with E-state index < -0.39 is 6.04 Å². The van der Waals surface area contributed by atoms with Crippen LogP contribution in [-0.4, -0.2) is 29.3 Å². The Labute approximate surface area is 210 Å². The van der Waals surface area contributed by atoms with Crippen molar-refractivity contribution >= 4 is 11.8 Å². The summed E-state index contributed by atoms with van der Waals surface area (Å²) >= 11 is 0. The van der Waals surface area contributed by atoms with Crippen LogP contribution in [0.15, 0.2) is 84.9 Å². The van der Waals surface area contributed by atoms with Crippen molar-refractivity contribution in [3.63, 3.8) is 0 Å². The molecule has 1 atom stereocenters. The maximum atomic E-state index is 13.7. The van der Waals surface area contributed by atoms with Crippen molar-refractivity contribution in [2.75, 3.05) is 6.54 Å². The number of carbonyl (C=O) groups excluding carboxylic acids is 2. The van der Waals surface area contributed by atoms with Gasteiger partial charge in [0.15, 0.2) is 0 Å². The lowest BCUT2D eigenvalue weighted by Gasteiger charge is -2.32. The first kappa shape index (κ1) is 26.2. The van der Waals surface area contributed by atoms with Crippen molar-refractivity contribution < 1.29 is 9.59 Å². The number of hydrogen-bond donors (Lipinski definition) is 1. The van der Waals surface area contributed by atoms with Crippen molar-refractivity contribution in [2.45, 2.75) is 59.0 Å². The van der Waals surface area contributed by atoms with Gasteiger partial charge in [0, 0.05) is 25.9 Å². The van der Waals surface area contributed by atoms with Gasteiger partial charge in [-0.2, -0.15) is 0 Å². The van der Waals surface area contributed by atoms with Gasteiger partial charge >= 0.3 is 0 Å². The monoisotopic (exact) mass is 470 g/mol. The van der Waals surface area contributed by atoms with Crippen LogP contribution in [0.25, 0.3) is 0 Å². The number of aryl methyl sites for hydroxylation is 2. The second-order valence-corrected chi connectivity index (χ2v) is 9.52. The SMILES string of the molecule is CCc1ccc(CCC(=O)N(Cc2ccccc2)[C@@H](Cc2ccccc2)C(=O)NCC(C)C)cc1. The highest BCUT2D eigenvalue weighted by molar-refractivity contribution is 5.88. The minimum absolute atomic E-state index is 0.00551. The van der Waals surface area contributed by atoms with E-state index in [0.717, 1.165) is 23.1 Å². The van der Waals surface area contributed by atoms with Crippen LogP contribution < -0.4 is 5.32 Å². The molecule has 4 nitrogen and oxygen atoms in total. The number of benzene rings is 3. The van der Waals surface area contributed by atoms with Gasteiger partial charge in [-0.25, -0.2) is 0 Å². The summed E-state index contributed by atoms with van der Waals surface area (Å²) in [6, 6.07) is 27.7. The molecule has 3 aromatic rings. The molecule has 0 radical (unpaired) electrons. The summed E-state index contributed by atoms with van der Waals surface area (Å²) in [7, 11) is 0. The fraction of sp³-hybridized carbons (Fsp3) is 0.355. The van der Waals surface area contributed by atoms with E-state index in [4.69, 9.17) is 0 Å². The smallest absolute Gasteiger partial charge is 0.243 e. The molecular weight excluding hydrogens is 432 g/mol. The van der Waals surface area contributed by atoms with E-state index in [0.29, 0.717) is 38.3 Å². The molecule has 0 spiro atoms. The molecular formula is C31H38N2O2. The molecule has 35 heavy (non-hydrogen) atoms. The molecule has 0 aromatic heterocycles. The zero-order chi connectivity index (χ0) is 25.0. The number of nitrogens with zero attached hydrogens (tertiary/aromatic N) is 1. The molecule has 3 rings (SSSR count). The van der Waals surface area contributed by atoms with Crippen LogP contribution in [0, 0.1) is 5.92 Å². The largest absolute Gasteiger partial charge is 0.354 e. The van der Waals surface area contributed by atoms with Crippen LogP contribution in [0.1, 0.15) is 49.4 Å². The predicted octanol–water partition coefficient (Wildman–Crippen LogP) is 5.59. The van der Waals surface area contributed by atoms with Gasteiger partial charge in [-0.3, -0.25) is 9.59 Å². The molecule has 0 heterocycles. The summed E-state index contributed by atoms with van der Waals surface area (Å²) < 4.78 is 0. The standard InChI is InChI=1S/C31H38N2O2/c1-4-25-15-17-26(18-16-25)19-20-30(34)33(23-28-13-9-6-10-14-28)29(31(35)32-22-24(2)3)21-27-11-7-5-8-12-27/h5-18,24,29H,4,19-23H2,1-3H3,(H,32,35)/t29-/m0/s1. The highest BCUT2D eigenvalue weighted by Crippen LogP contribution is 2.17. The van der Waals surface area contributed by atoms with Gasteiger partial charge in [-0.15, -0.1) is 0 Å². The lowest BCUT2D eigenvalue weighted by molar-refractivity contribution is -0.141. The quantitative estimate of drug-likeness (QED) is 0.375. The minimum Gasteiger partial charge on any atom is -0.354 e. The van der Waals surface area contributed by atoms with Crippen molar-refractivity contribution in [1.82, 2.24) is 10.2 Å². The topological polar surface area (TPSA) is 49.4 Å². The van der Waals surface area contributed by atoms with Gasteiger partial charge in [-0.05, 0) is 41.0 Å². The third kappa shape index (κ3) is 8.40. The maximum Gasteiger partial charge on any atom is 0.243 e. The van der Waals surface area contributed by atoms with Crippen LogP contribution in [0.4, 0.5) is 0 Å². The van der Waals surface area contributed by atoms with E-state index in [-0.39, 0.29) is 11.8 Å². The second kappa shape index (κ2) is 13.5. The molecule has 0 unspecified atom stereocenters.